The molecular formula is C17H22O7. The number of hydrogen-bond donors (Lipinski definition) is 0. The maximum Gasteiger partial charge on any atom is 0.310 e. The molecule has 0 amide bonds. The minimum Gasteiger partial charge on any atom is -0.453 e. The van der Waals surface area contributed by atoms with Crippen molar-refractivity contribution in [2.45, 2.75) is 36.9 Å². The Morgan fingerprint density at radius 1 is 1.12 bits per heavy atom. The van der Waals surface area contributed by atoms with E-state index >= 15 is 0 Å². The lowest BCUT2D eigenvalue weighted by atomic mass is 9.92. The van der Waals surface area contributed by atoms with Gasteiger partial charge in [0, 0.05) is 0 Å². The molecule has 3 heterocycles. The zero-order valence-corrected chi connectivity index (χ0v) is 13.4. The van der Waals surface area contributed by atoms with Crippen LogP contribution in [0.4, 0.5) is 0 Å². The van der Waals surface area contributed by atoms with Gasteiger partial charge in [-0.15, -0.1) is 0 Å². The number of fused-ring (bicyclic) bond motifs is 3. The van der Waals surface area contributed by atoms with Crippen molar-refractivity contribution in [2.75, 3.05) is 33.2 Å². The molecule has 132 valence electrons. The molecule has 0 radical (unpaired) electrons. The van der Waals surface area contributed by atoms with Crippen LogP contribution in [0.1, 0.15) is 12.8 Å². The van der Waals surface area contributed by atoms with Crippen molar-refractivity contribution in [3.63, 3.8) is 0 Å². The second-order valence-corrected chi connectivity index (χ2v) is 7.22. The van der Waals surface area contributed by atoms with Crippen molar-refractivity contribution in [2.24, 2.45) is 17.8 Å². The highest BCUT2D eigenvalue weighted by atomic mass is 16.8. The number of esters is 1. The fourth-order valence-corrected chi connectivity index (χ4v) is 4.59. The molecule has 4 fully saturated rings. The van der Waals surface area contributed by atoms with Gasteiger partial charge in [0.15, 0.2) is 6.10 Å². The van der Waals surface area contributed by atoms with Gasteiger partial charge in [-0.1, -0.05) is 12.2 Å². The van der Waals surface area contributed by atoms with Crippen LogP contribution in [0.3, 0.4) is 0 Å². The van der Waals surface area contributed by atoms with Gasteiger partial charge in [-0.25, -0.2) is 0 Å². The number of carbonyl (C=O) groups is 1. The van der Waals surface area contributed by atoms with Gasteiger partial charge in [0.05, 0.1) is 25.7 Å². The van der Waals surface area contributed by atoms with Crippen LogP contribution in [0, 0.1) is 17.8 Å². The molecule has 3 aliphatic heterocycles. The average Bonchev–Trinajstić information content (AvgIpc) is 3.34. The Labute approximate surface area is 140 Å². The molecule has 24 heavy (non-hydrogen) atoms. The molecule has 0 aromatic rings. The molecule has 7 nitrogen and oxygen atoms in total. The van der Waals surface area contributed by atoms with Crippen molar-refractivity contribution in [1.82, 2.24) is 0 Å². The second kappa shape index (κ2) is 5.78. The first-order valence-corrected chi connectivity index (χ1v) is 8.73. The highest BCUT2D eigenvalue weighted by Gasteiger charge is 2.59. The normalized spacial score (nSPS) is 49.5. The molecule has 0 unspecified atom stereocenters. The molecule has 0 N–H and O–H groups in total. The van der Waals surface area contributed by atoms with E-state index in [1.165, 1.54) is 0 Å². The van der Waals surface area contributed by atoms with E-state index in [9.17, 15) is 4.79 Å². The zero-order chi connectivity index (χ0) is 16.1. The van der Waals surface area contributed by atoms with Crippen LogP contribution in [0.15, 0.2) is 12.2 Å². The van der Waals surface area contributed by atoms with Crippen LogP contribution < -0.4 is 0 Å². The van der Waals surface area contributed by atoms with Gasteiger partial charge in [-0.3, -0.25) is 4.79 Å². The standard InChI is InChI=1S/C17H22O7/c18-16(12-6-10-1-2-11(12)5-10)24-15-14-13(20-9-21-14)7-23-17(15)8-19-3-4-22-17/h1-2,10-15H,3-9H2/t10-,11+,12-,13+,14+,15-,17+/m0/s1. The smallest absolute Gasteiger partial charge is 0.310 e. The molecule has 7 atom stereocenters. The molecule has 1 spiro atoms. The average molecular weight is 338 g/mol. The first-order chi connectivity index (χ1) is 11.8. The Kier molecular flexibility index (Phi) is 3.68. The molecule has 2 aliphatic carbocycles. The third-order valence-corrected chi connectivity index (χ3v) is 5.83. The first kappa shape index (κ1) is 15.3. The highest BCUT2D eigenvalue weighted by molar-refractivity contribution is 5.74. The van der Waals surface area contributed by atoms with Crippen LogP contribution in [-0.4, -0.2) is 63.3 Å². The van der Waals surface area contributed by atoms with Gasteiger partial charge in [-0.05, 0) is 24.7 Å². The van der Waals surface area contributed by atoms with Crippen molar-refractivity contribution in [1.29, 1.82) is 0 Å². The summed E-state index contributed by atoms with van der Waals surface area (Å²) in [4.78, 5) is 12.8. The number of carbonyl (C=O) groups excluding carboxylic acids is 1. The van der Waals surface area contributed by atoms with Crippen molar-refractivity contribution < 1.29 is 33.2 Å². The number of ether oxygens (including phenoxy) is 6. The fourth-order valence-electron chi connectivity index (χ4n) is 4.59. The molecule has 5 aliphatic rings. The summed E-state index contributed by atoms with van der Waals surface area (Å²) in [7, 11) is 0. The Balaban J connectivity index is 1.37. The largest absolute Gasteiger partial charge is 0.453 e. The summed E-state index contributed by atoms with van der Waals surface area (Å²) in [5.74, 6) is -0.550. The van der Waals surface area contributed by atoms with E-state index in [-0.39, 0.29) is 37.5 Å². The predicted octanol–water partition coefficient (Wildman–Crippen LogP) is 0.625. The van der Waals surface area contributed by atoms with Crippen LogP contribution in [-0.2, 0) is 33.2 Å². The number of hydrogen-bond acceptors (Lipinski definition) is 7. The van der Waals surface area contributed by atoms with Gasteiger partial charge in [0.1, 0.15) is 25.6 Å². The summed E-state index contributed by atoms with van der Waals surface area (Å²) in [5.41, 5.74) is 0. The molecule has 7 heteroatoms. The highest BCUT2D eigenvalue weighted by Crippen LogP contribution is 2.45. The second-order valence-electron chi connectivity index (χ2n) is 7.22. The monoisotopic (exact) mass is 338 g/mol. The Morgan fingerprint density at radius 2 is 2.08 bits per heavy atom. The van der Waals surface area contributed by atoms with Gasteiger partial charge in [0.2, 0.25) is 5.79 Å². The molecule has 0 aromatic carbocycles. The van der Waals surface area contributed by atoms with E-state index in [0.717, 1.165) is 12.8 Å². The Bertz CT molecular complexity index is 541. The SMILES string of the molecule is O=C(O[C@H]1[C@@H]2OCO[C@@H]2CO[C@]12COCCO2)[C@H]1C[C@H]2C=C[C@@H]1C2. The van der Waals surface area contributed by atoms with Gasteiger partial charge < -0.3 is 28.4 Å². The maximum atomic E-state index is 12.8. The van der Waals surface area contributed by atoms with Crippen LogP contribution in [0.25, 0.3) is 0 Å². The van der Waals surface area contributed by atoms with E-state index in [4.69, 9.17) is 28.4 Å². The lowest BCUT2D eigenvalue weighted by molar-refractivity contribution is -0.362. The van der Waals surface area contributed by atoms with Crippen LogP contribution in [0.5, 0.6) is 0 Å². The van der Waals surface area contributed by atoms with E-state index in [1.807, 2.05) is 0 Å². The van der Waals surface area contributed by atoms with Crippen molar-refractivity contribution in [3.8, 4) is 0 Å². The quantitative estimate of drug-likeness (QED) is 0.540. The van der Waals surface area contributed by atoms with Crippen molar-refractivity contribution in [3.05, 3.63) is 12.2 Å². The van der Waals surface area contributed by atoms with E-state index in [2.05, 4.69) is 12.2 Å². The van der Waals surface area contributed by atoms with E-state index < -0.39 is 11.9 Å². The Morgan fingerprint density at radius 3 is 2.83 bits per heavy atom. The lowest BCUT2D eigenvalue weighted by Gasteiger charge is -2.47. The van der Waals surface area contributed by atoms with Gasteiger partial charge >= 0.3 is 5.97 Å². The topological polar surface area (TPSA) is 72.5 Å². The minimum atomic E-state index is -1.09. The molecule has 5 rings (SSSR count). The summed E-state index contributed by atoms with van der Waals surface area (Å²) in [5, 5.41) is 0. The molecule has 3 saturated heterocycles. The fraction of sp³-hybridized carbons (Fsp3) is 0.824. The summed E-state index contributed by atoms with van der Waals surface area (Å²) >= 11 is 0. The summed E-state index contributed by atoms with van der Waals surface area (Å²) in [6, 6.07) is 0. The van der Waals surface area contributed by atoms with Crippen LogP contribution in [0.2, 0.25) is 0 Å². The molecule has 1 saturated carbocycles. The van der Waals surface area contributed by atoms with Gasteiger partial charge in [-0.2, -0.15) is 0 Å². The zero-order valence-electron chi connectivity index (χ0n) is 13.4. The number of rotatable bonds is 2. The maximum absolute atomic E-state index is 12.8. The molecule has 2 bridgehead atoms. The van der Waals surface area contributed by atoms with E-state index in [1.54, 1.807) is 0 Å². The molecule has 0 aromatic heterocycles. The van der Waals surface area contributed by atoms with Crippen LogP contribution >= 0.6 is 0 Å². The third-order valence-electron chi connectivity index (χ3n) is 5.83. The predicted molar refractivity (Wildman–Crippen MR) is 78.8 cm³/mol. The lowest BCUT2D eigenvalue weighted by Crippen LogP contribution is -2.66. The third kappa shape index (κ3) is 2.34. The first-order valence-electron chi connectivity index (χ1n) is 8.73. The van der Waals surface area contributed by atoms with Gasteiger partial charge in [0.25, 0.3) is 0 Å². The van der Waals surface area contributed by atoms with Crippen molar-refractivity contribution >= 4 is 5.97 Å². The Hall–Kier alpha value is -0.990. The summed E-state index contributed by atoms with van der Waals surface area (Å²) < 4.78 is 34.5. The number of allylic oxidation sites excluding steroid dienone is 2. The van der Waals surface area contributed by atoms with E-state index in [0.29, 0.717) is 31.7 Å². The molecular weight excluding hydrogens is 316 g/mol. The summed E-state index contributed by atoms with van der Waals surface area (Å²) in [6.45, 7) is 1.67. The minimum absolute atomic E-state index is 0.0794. The summed E-state index contributed by atoms with van der Waals surface area (Å²) in [6.07, 6.45) is 4.99.